The van der Waals surface area contributed by atoms with Crippen LogP contribution in [0.2, 0.25) is 0 Å². The van der Waals surface area contributed by atoms with Crippen LogP contribution in [-0.2, 0) is 4.79 Å². The van der Waals surface area contributed by atoms with E-state index in [1.165, 1.54) is 6.92 Å². The summed E-state index contributed by atoms with van der Waals surface area (Å²) in [5.74, 6) is -0.0360. The van der Waals surface area contributed by atoms with E-state index in [0.29, 0.717) is 24.2 Å². The van der Waals surface area contributed by atoms with E-state index in [1.807, 2.05) is 0 Å². The number of hydrogen-bond acceptors (Lipinski definition) is 4. The molecule has 0 spiro atoms. The fourth-order valence-corrected chi connectivity index (χ4v) is 2.65. The van der Waals surface area contributed by atoms with Crippen LogP contribution in [0.5, 0.6) is 0 Å². The van der Waals surface area contributed by atoms with Gasteiger partial charge in [0.15, 0.2) is 5.78 Å². The number of anilines is 1. The number of ketones is 1. The van der Waals surface area contributed by atoms with Gasteiger partial charge in [0.05, 0.1) is 6.61 Å². The third-order valence-electron chi connectivity index (χ3n) is 3.91. The van der Waals surface area contributed by atoms with Crippen LogP contribution in [0.1, 0.15) is 36.5 Å². The fraction of sp³-hybridized carbons (Fsp3) is 0.500. The summed E-state index contributed by atoms with van der Waals surface area (Å²) < 4.78 is 0. The van der Waals surface area contributed by atoms with Gasteiger partial charge in [0.25, 0.3) is 0 Å². The van der Waals surface area contributed by atoms with Crippen LogP contribution in [0.3, 0.4) is 0 Å². The van der Waals surface area contributed by atoms with Gasteiger partial charge in [-0.3, -0.25) is 14.5 Å². The van der Waals surface area contributed by atoms with Crippen LogP contribution in [-0.4, -0.2) is 47.4 Å². The number of hydrogen-bond donors (Lipinski definition) is 2. The highest BCUT2D eigenvalue weighted by atomic mass is 16.3. The average Bonchev–Trinajstić information content (AvgIpc) is 2.93. The van der Waals surface area contributed by atoms with Crippen LogP contribution < -0.4 is 5.32 Å². The minimum absolute atomic E-state index is 0.0111. The molecule has 1 aliphatic rings. The van der Waals surface area contributed by atoms with Gasteiger partial charge in [-0.2, -0.15) is 0 Å². The van der Waals surface area contributed by atoms with E-state index < -0.39 is 0 Å². The van der Waals surface area contributed by atoms with Crippen molar-refractivity contribution in [3.8, 4) is 0 Å². The van der Waals surface area contributed by atoms with E-state index in [2.05, 4.69) is 10.2 Å². The zero-order valence-electron chi connectivity index (χ0n) is 12.3. The maximum atomic E-state index is 11.9. The number of likely N-dealkylation sites (tertiary alicyclic amines) is 1. The minimum Gasteiger partial charge on any atom is -0.395 e. The third kappa shape index (κ3) is 4.37. The highest BCUT2D eigenvalue weighted by Crippen LogP contribution is 2.17. The van der Waals surface area contributed by atoms with Crippen LogP contribution >= 0.6 is 0 Å². The number of aliphatic hydroxyl groups is 1. The first-order valence-corrected chi connectivity index (χ1v) is 7.36. The van der Waals surface area contributed by atoms with Gasteiger partial charge >= 0.3 is 0 Å². The van der Waals surface area contributed by atoms with Crippen LogP contribution in [0, 0.1) is 0 Å². The Kier molecular flexibility index (Phi) is 5.47. The Morgan fingerprint density at radius 2 is 2.05 bits per heavy atom. The Labute approximate surface area is 125 Å². The second-order valence-electron chi connectivity index (χ2n) is 5.45. The van der Waals surface area contributed by atoms with Crippen molar-refractivity contribution in [1.82, 2.24) is 4.90 Å². The van der Waals surface area contributed by atoms with Crippen molar-refractivity contribution in [2.45, 2.75) is 32.2 Å². The van der Waals surface area contributed by atoms with E-state index in [-0.39, 0.29) is 24.3 Å². The van der Waals surface area contributed by atoms with Crippen molar-refractivity contribution in [1.29, 1.82) is 0 Å². The number of aliphatic hydroxyl groups excluding tert-OH is 1. The van der Waals surface area contributed by atoms with Gasteiger partial charge in [-0.25, -0.2) is 0 Å². The highest BCUT2D eigenvalue weighted by Gasteiger charge is 2.23. The van der Waals surface area contributed by atoms with Crippen molar-refractivity contribution < 1.29 is 14.7 Å². The fourth-order valence-electron chi connectivity index (χ4n) is 2.65. The van der Waals surface area contributed by atoms with E-state index in [1.54, 1.807) is 24.3 Å². The number of carbonyl (C=O) groups excluding carboxylic acids is 2. The molecular formula is C16H22N2O3. The molecule has 1 amide bonds. The number of amides is 1. The summed E-state index contributed by atoms with van der Waals surface area (Å²) in [6.07, 6.45) is 2.49. The second-order valence-corrected chi connectivity index (χ2v) is 5.45. The summed E-state index contributed by atoms with van der Waals surface area (Å²) in [7, 11) is 0. The number of nitrogens with one attached hydrogen (secondary N) is 1. The summed E-state index contributed by atoms with van der Waals surface area (Å²) in [6, 6.07) is 7.09. The molecule has 114 valence electrons. The molecule has 5 heteroatoms. The Morgan fingerprint density at radius 1 is 1.33 bits per heavy atom. The van der Waals surface area contributed by atoms with Gasteiger partial charge in [-0.1, -0.05) is 0 Å². The lowest BCUT2D eigenvalue weighted by Crippen LogP contribution is -2.34. The first-order chi connectivity index (χ1) is 10.1. The van der Waals surface area contributed by atoms with Crippen molar-refractivity contribution in [2.75, 3.05) is 25.0 Å². The quantitative estimate of drug-likeness (QED) is 0.782. The van der Waals surface area contributed by atoms with Crippen molar-refractivity contribution >= 4 is 17.4 Å². The molecule has 0 aliphatic carbocycles. The molecule has 1 saturated heterocycles. The predicted octanol–water partition coefficient (Wildman–Crippen LogP) is 1.67. The molecule has 1 aromatic carbocycles. The van der Waals surface area contributed by atoms with Crippen molar-refractivity contribution in [3.63, 3.8) is 0 Å². The topological polar surface area (TPSA) is 69.6 Å². The van der Waals surface area contributed by atoms with Gasteiger partial charge in [0.1, 0.15) is 0 Å². The highest BCUT2D eigenvalue weighted by molar-refractivity contribution is 5.95. The maximum absolute atomic E-state index is 11.9. The van der Waals surface area contributed by atoms with Crippen LogP contribution in [0.15, 0.2) is 24.3 Å². The second kappa shape index (κ2) is 7.33. The molecule has 0 aromatic heterocycles. The SMILES string of the molecule is CC(=O)c1ccc(NC(=O)CCN2CCC[C@H]2CO)cc1. The van der Waals surface area contributed by atoms with Gasteiger partial charge in [-0.15, -0.1) is 0 Å². The summed E-state index contributed by atoms with van der Waals surface area (Å²) in [6.45, 7) is 3.30. The molecule has 1 heterocycles. The smallest absolute Gasteiger partial charge is 0.225 e. The van der Waals surface area contributed by atoms with Gasteiger partial charge < -0.3 is 10.4 Å². The zero-order chi connectivity index (χ0) is 15.2. The van der Waals surface area contributed by atoms with E-state index >= 15 is 0 Å². The number of Topliss-reactive ketones (excluding diaryl/α,β-unsaturated/α-hetero) is 1. The molecule has 1 fully saturated rings. The van der Waals surface area contributed by atoms with Gasteiger partial charge in [0.2, 0.25) is 5.91 Å². The predicted molar refractivity (Wildman–Crippen MR) is 81.4 cm³/mol. The number of nitrogens with zero attached hydrogens (tertiary/aromatic N) is 1. The minimum atomic E-state index is -0.0471. The Bertz CT molecular complexity index is 499. The normalized spacial score (nSPS) is 18.7. The van der Waals surface area contributed by atoms with Gasteiger partial charge in [-0.05, 0) is 50.6 Å². The monoisotopic (exact) mass is 290 g/mol. The molecule has 0 radical (unpaired) electrons. The average molecular weight is 290 g/mol. The molecule has 1 aromatic rings. The number of benzene rings is 1. The standard InChI is InChI=1S/C16H22N2O3/c1-12(20)13-4-6-14(7-5-13)17-16(21)8-10-18-9-2-3-15(18)11-19/h4-7,15,19H,2-3,8-11H2,1H3,(H,17,21)/t15-/m0/s1. The lowest BCUT2D eigenvalue weighted by molar-refractivity contribution is -0.116. The first kappa shape index (κ1) is 15.7. The zero-order valence-corrected chi connectivity index (χ0v) is 12.3. The van der Waals surface area contributed by atoms with Crippen LogP contribution in [0.25, 0.3) is 0 Å². The van der Waals surface area contributed by atoms with Crippen molar-refractivity contribution in [2.24, 2.45) is 0 Å². The van der Waals surface area contributed by atoms with E-state index in [9.17, 15) is 14.7 Å². The number of carbonyl (C=O) groups is 2. The molecule has 1 atom stereocenters. The maximum Gasteiger partial charge on any atom is 0.225 e. The summed E-state index contributed by atoms with van der Waals surface area (Å²) in [5.41, 5.74) is 1.33. The number of rotatable bonds is 6. The molecule has 2 N–H and O–H groups in total. The lowest BCUT2D eigenvalue weighted by Gasteiger charge is -2.22. The molecule has 5 nitrogen and oxygen atoms in total. The molecular weight excluding hydrogens is 268 g/mol. The van der Waals surface area contributed by atoms with Gasteiger partial charge in [0, 0.05) is 30.3 Å². The molecule has 21 heavy (non-hydrogen) atoms. The molecule has 0 saturated carbocycles. The largest absolute Gasteiger partial charge is 0.395 e. The third-order valence-corrected chi connectivity index (χ3v) is 3.91. The molecule has 0 unspecified atom stereocenters. The summed E-state index contributed by atoms with van der Waals surface area (Å²) in [5, 5.41) is 12.1. The summed E-state index contributed by atoms with van der Waals surface area (Å²) >= 11 is 0. The molecule has 1 aliphatic heterocycles. The van der Waals surface area contributed by atoms with Crippen molar-refractivity contribution in [3.05, 3.63) is 29.8 Å². The summed E-state index contributed by atoms with van der Waals surface area (Å²) in [4.78, 5) is 25.3. The Morgan fingerprint density at radius 3 is 2.67 bits per heavy atom. The Balaban J connectivity index is 1.80. The Hall–Kier alpha value is -1.72. The van der Waals surface area contributed by atoms with E-state index in [4.69, 9.17) is 0 Å². The van der Waals surface area contributed by atoms with Crippen LogP contribution in [0.4, 0.5) is 5.69 Å². The molecule has 2 rings (SSSR count). The lowest BCUT2D eigenvalue weighted by atomic mass is 10.1. The first-order valence-electron chi connectivity index (χ1n) is 7.36. The molecule has 0 bridgehead atoms. The van der Waals surface area contributed by atoms with E-state index in [0.717, 1.165) is 19.4 Å².